The number of benzene rings is 2. The van der Waals surface area contributed by atoms with Crippen LogP contribution in [0.5, 0.6) is 0 Å². The van der Waals surface area contributed by atoms with Gasteiger partial charge < -0.3 is 5.32 Å². The van der Waals surface area contributed by atoms with Crippen molar-refractivity contribution in [3.05, 3.63) is 57.9 Å². The predicted octanol–water partition coefficient (Wildman–Crippen LogP) is 5.01. The summed E-state index contributed by atoms with van der Waals surface area (Å²) in [4.78, 5) is 0. The molecule has 1 aliphatic carbocycles. The second-order valence-electron chi connectivity index (χ2n) is 5.90. The summed E-state index contributed by atoms with van der Waals surface area (Å²) in [6.45, 7) is 4.60. The van der Waals surface area contributed by atoms with Crippen LogP contribution in [0.4, 0.5) is 4.39 Å². The predicted molar refractivity (Wildman–Crippen MR) is 86.2 cm³/mol. The van der Waals surface area contributed by atoms with Gasteiger partial charge in [0.1, 0.15) is 5.82 Å². The first-order chi connectivity index (χ1) is 10.0. The van der Waals surface area contributed by atoms with Crippen LogP contribution in [0.3, 0.4) is 0 Å². The molecule has 1 nitrogen and oxygen atoms in total. The van der Waals surface area contributed by atoms with Gasteiger partial charge in [-0.05, 0) is 67.1 Å². The molecule has 0 heterocycles. The fourth-order valence-electron chi connectivity index (χ4n) is 2.69. The van der Waals surface area contributed by atoms with Crippen LogP contribution in [0.15, 0.2) is 30.3 Å². The molecule has 0 saturated heterocycles. The number of aryl methyl sites for hydroxylation is 2. The van der Waals surface area contributed by atoms with E-state index in [9.17, 15) is 4.39 Å². The molecule has 3 heteroatoms. The van der Waals surface area contributed by atoms with Crippen molar-refractivity contribution in [3.8, 4) is 11.1 Å². The minimum absolute atomic E-state index is 0.170. The van der Waals surface area contributed by atoms with Gasteiger partial charge in [-0.1, -0.05) is 23.7 Å². The molecule has 0 amide bonds. The van der Waals surface area contributed by atoms with Crippen LogP contribution in [0.25, 0.3) is 11.1 Å². The van der Waals surface area contributed by atoms with Crippen molar-refractivity contribution in [1.82, 2.24) is 5.32 Å². The fourth-order valence-corrected chi connectivity index (χ4v) is 2.87. The summed E-state index contributed by atoms with van der Waals surface area (Å²) in [5, 5.41) is 4.19. The molecule has 1 aliphatic rings. The van der Waals surface area contributed by atoms with Crippen molar-refractivity contribution in [3.63, 3.8) is 0 Å². The second-order valence-corrected chi connectivity index (χ2v) is 6.31. The summed E-state index contributed by atoms with van der Waals surface area (Å²) < 4.78 is 14.3. The lowest BCUT2D eigenvalue weighted by Crippen LogP contribution is -2.15. The van der Waals surface area contributed by atoms with Gasteiger partial charge in [0.25, 0.3) is 0 Å². The lowest BCUT2D eigenvalue weighted by Gasteiger charge is -2.12. The standard InChI is InChI=1S/C18H19ClFN/c1-11-7-12(2)18(17(20)8-11)13-3-6-16(19)14(9-13)10-21-15-4-5-15/h3,6-9,15,21H,4-5,10H2,1-2H3. The van der Waals surface area contributed by atoms with Crippen molar-refractivity contribution in [1.29, 1.82) is 0 Å². The third kappa shape index (κ3) is 3.28. The number of halogens is 2. The van der Waals surface area contributed by atoms with Gasteiger partial charge in [-0.2, -0.15) is 0 Å². The first-order valence-corrected chi connectivity index (χ1v) is 7.71. The Labute approximate surface area is 130 Å². The zero-order valence-corrected chi connectivity index (χ0v) is 13.1. The van der Waals surface area contributed by atoms with Crippen LogP contribution in [-0.2, 0) is 6.54 Å². The van der Waals surface area contributed by atoms with Gasteiger partial charge in [-0.3, -0.25) is 0 Å². The molecular formula is C18H19ClFN. The van der Waals surface area contributed by atoms with E-state index in [1.807, 2.05) is 38.1 Å². The Bertz CT molecular complexity index is 654. The molecule has 1 fully saturated rings. The van der Waals surface area contributed by atoms with Gasteiger partial charge in [0.05, 0.1) is 0 Å². The van der Waals surface area contributed by atoms with Gasteiger partial charge >= 0.3 is 0 Å². The maximum atomic E-state index is 14.3. The topological polar surface area (TPSA) is 12.0 Å². The van der Waals surface area contributed by atoms with Crippen LogP contribution in [-0.4, -0.2) is 6.04 Å². The molecule has 0 bridgehead atoms. The van der Waals surface area contributed by atoms with E-state index in [2.05, 4.69) is 5.32 Å². The van der Waals surface area contributed by atoms with E-state index in [4.69, 9.17) is 11.6 Å². The van der Waals surface area contributed by atoms with E-state index in [1.165, 1.54) is 12.8 Å². The summed E-state index contributed by atoms with van der Waals surface area (Å²) in [6.07, 6.45) is 2.48. The van der Waals surface area contributed by atoms with Gasteiger partial charge in [0.15, 0.2) is 0 Å². The molecule has 2 aromatic rings. The summed E-state index contributed by atoms with van der Waals surface area (Å²) in [7, 11) is 0. The first-order valence-electron chi connectivity index (χ1n) is 7.33. The van der Waals surface area contributed by atoms with Gasteiger partial charge in [-0.25, -0.2) is 4.39 Å². The fraction of sp³-hybridized carbons (Fsp3) is 0.333. The average Bonchev–Trinajstić information content (AvgIpc) is 3.22. The van der Waals surface area contributed by atoms with E-state index >= 15 is 0 Å². The second kappa shape index (κ2) is 5.78. The Morgan fingerprint density at radius 2 is 1.95 bits per heavy atom. The Hall–Kier alpha value is -1.38. The molecule has 0 spiro atoms. The van der Waals surface area contributed by atoms with E-state index in [0.29, 0.717) is 11.6 Å². The Balaban J connectivity index is 1.96. The number of hydrogen-bond donors (Lipinski definition) is 1. The molecule has 0 atom stereocenters. The van der Waals surface area contributed by atoms with Gasteiger partial charge in [0.2, 0.25) is 0 Å². The van der Waals surface area contributed by atoms with Crippen LogP contribution in [0.2, 0.25) is 5.02 Å². The minimum atomic E-state index is -0.170. The maximum absolute atomic E-state index is 14.3. The monoisotopic (exact) mass is 303 g/mol. The zero-order valence-electron chi connectivity index (χ0n) is 12.3. The van der Waals surface area contributed by atoms with Crippen molar-refractivity contribution in [2.45, 2.75) is 39.3 Å². The molecule has 3 rings (SSSR count). The van der Waals surface area contributed by atoms with Gasteiger partial charge in [-0.15, -0.1) is 0 Å². The van der Waals surface area contributed by atoms with Crippen LogP contribution >= 0.6 is 11.6 Å². The Morgan fingerprint density at radius 1 is 1.19 bits per heavy atom. The van der Waals surface area contributed by atoms with Crippen molar-refractivity contribution >= 4 is 11.6 Å². The normalized spacial score (nSPS) is 14.5. The van der Waals surface area contributed by atoms with E-state index in [1.54, 1.807) is 6.07 Å². The quantitative estimate of drug-likeness (QED) is 0.836. The van der Waals surface area contributed by atoms with Gasteiger partial charge in [0, 0.05) is 23.2 Å². The Kier molecular flexibility index (Phi) is 4.01. The SMILES string of the molecule is Cc1cc(C)c(-c2ccc(Cl)c(CNC3CC3)c2)c(F)c1. The van der Waals surface area contributed by atoms with Crippen molar-refractivity contribution in [2.24, 2.45) is 0 Å². The van der Waals surface area contributed by atoms with Crippen molar-refractivity contribution in [2.75, 3.05) is 0 Å². The molecule has 0 radical (unpaired) electrons. The highest BCUT2D eigenvalue weighted by molar-refractivity contribution is 6.31. The molecule has 0 aromatic heterocycles. The molecule has 0 unspecified atom stereocenters. The number of hydrogen-bond acceptors (Lipinski definition) is 1. The van der Waals surface area contributed by atoms with Crippen LogP contribution < -0.4 is 5.32 Å². The third-order valence-corrected chi connectivity index (χ3v) is 4.29. The zero-order chi connectivity index (χ0) is 15.0. The molecule has 1 N–H and O–H groups in total. The van der Waals surface area contributed by atoms with E-state index in [-0.39, 0.29) is 5.82 Å². The first kappa shape index (κ1) is 14.6. The van der Waals surface area contributed by atoms with Crippen molar-refractivity contribution < 1.29 is 4.39 Å². The number of nitrogens with one attached hydrogen (secondary N) is 1. The molecule has 110 valence electrons. The lowest BCUT2D eigenvalue weighted by molar-refractivity contribution is 0.629. The largest absolute Gasteiger partial charge is 0.310 e. The summed E-state index contributed by atoms with van der Waals surface area (Å²) in [5.74, 6) is -0.170. The summed E-state index contributed by atoms with van der Waals surface area (Å²) in [6, 6.07) is 9.97. The van der Waals surface area contributed by atoms with E-state index in [0.717, 1.165) is 33.8 Å². The summed E-state index contributed by atoms with van der Waals surface area (Å²) >= 11 is 6.26. The minimum Gasteiger partial charge on any atom is -0.310 e. The molecule has 2 aromatic carbocycles. The third-order valence-electron chi connectivity index (χ3n) is 3.92. The van der Waals surface area contributed by atoms with Crippen LogP contribution in [0, 0.1) is 19.7 Å². The lowest BCUT2D eigenvalue weighted by atomic mass is 9.96. The highest BCUT2D eigenvalue weighted by Gasteiger charge is 2.20. The molecule has 1 saturated carbocycles. The Morgan fingerprint density at radius 3 is 2.62 bits per heavy atom. The summed E-state index contributed by atoms with van der Waals surface area (Å²) in [5.41, 5.74) is 4.49. The maximum Gasteiger partial charge on any atom is 0.131 e. The molecule has 21 heavy (non-hydrogen) atoms. The molecular weight excluding hydrogens is 285 g/mol. The molecule has 0 aliphatic heterocycles. The van der Waals surface area contributed by atoms with Crippen LogP contribution in [0.1, 0.15) is 29.5 Å². The highest BCUT2D eigenvalue weighted by atomic mass is 35.5. The highest BCUT2D eigenvalue weighted by Crippen LogP contribution is 2.31. The average molecular weight is 304 g/mol. The van der Waals surface area contributed by atoms with E-state index < -0.39 is 0 Å². The number of rotatable bonds is 4. The smallest absolute Gasteiger partial charge is 0.131 e.